The highest BCUT2D eigenvalue weighted by molar-refractivity contribution is 6.08. The van der Waals surface area contributed by atoms with Crippen molar-refractivity contribution in [3.63, 3.8) is 0 Å². The molecule has 6 nitrogen and oxygen atoms in total. The van der Waals surface area contributed by atoms with Gasteiger partial charge in [-0.2, -0.15) is 0 Å². The van der Waals surface area contributed by atoms with Gasteiger partial charge in [-0.15, -0.1) is 0 Å². The summed E-state index contributed by atoms with van der Waals surface area (Å²) in [5.41, 5.74) is 0.850. The molecule has 2 N–H and O–H groups in total. The van der Waals surface area contributed by atoms with Crippen molar-refractivity contribution in [3.8, 4) is 5.75 Å². The third-order valence-corrected chi connectivity index (χ3v) is 2.79. The third kappa shape index (κ3) is 2.31. The van der Waals surface area contributed by atoms with Crippen LogP contribution in [0.25, 0.3) is 0 Å². The summed E-state index contributed by atoms with van der Waals surface area (Å²) >= 11 is 0. The number of hydrogen-bond acceptors (Lipinski definition) is 4. The number of rotatable bonds is 2. The molecule has 0 bridgehead atoms. The lowest BCUT2D eigenvalue weighted by molar-refractivity contribution is -0.118. The van der Waals surface area contributed by atoms with E-state index < -0.39 is 0 Å². The van der Waals surface area contributed by atoms with Gasteiger partial charge >= 0.3 is 0 Å². The summed E-state index contributed by atoms with van der Waals surface area (Å²) in [5.74, 6) is 0.256. The fourth-order valence-corrected chi connectivity index (χ4v) is 1.91. The molecule has 3 rings (SSSR count). The van der Waals surface area contributed by atoms with Crippen LogP contribution in [0.5, 0.6) is 5.75 Å². The summed E-state index contributed by atoms with van der Waals surface area (Å²) in [4.78, 5) is 27.5. The number of carbonyl (C=O) groups excluding carboxylic acids is 2. The first kappa shape index (κ1) is 12.2. The van der Waals surface area contributed by atoms with E-state index in [0.717, 1.165) is 0 Å². The molecule has 6 heteroatoms. The summed E-state index contributed by atoms with van der Waals surface area (Å²) in [6.07, 6.45) is 1.59. The first-order valence-corrected chi connectivity index (χ1v) is 6.02. The van der Waals surface area contributed by atoms with Gasteiger partial charge in [-0.1, -0.05) is 12.1 Å². The van der Waals surface area contributed by atoms with Gasteiger partial charge in [-0.05, 0) is 24.3 Å². The Labute approximate surface area is 114 Å². The second-order valence-electron chi connectivity index (χ2n) is 4.19. The Bertz CT molecular complexity index is 671. The number of benzene rings is 1. The molecule has 0 radical (unpaired) electrons. The Balaban J connectivity index is 1.89. The second-order valence-corrected chi connectivity index (χ2v) is 4.19. The van der Waals surface area contributed by atoms with E-state index in [0.29, 0.717) is 22.8 Å². The van der Waals surface area contributed by atoms with Gasteiger partial charge in [0, 0.05) is 6.20 Å². The van der Waals surface area contributed by atoms with Gasteiger partial charge in [-0.3, -0.25) is 9.59 Å². The van der Waals surface area contributed by atoms with Crippen LogP contribution in [0.2, 0.25) is 0 Å². The summed E-state index contributed by atoms with van der Waals surface area (Å²) in [6.45, 7) is -0.0963. The van der Waals surface area contributed by atoms with E-state index in [-0.39, 0.29) is 18.4 Å². The lowest BCUT2D eigenvalue weighted by atomic mass is 10.1. The van der Waals surface area contributed by atoms with Gasteiger partial charge < -0.3 is 15.4 Å². The number of ether oxygens (including phenoxy) is 1. The molecule has 0 unspecified atom stereocenters. The number of carbonyl (C=O) groups is 2. The minimum Gasteiger partial charge on any atom is -0.481 e. The summed E-state index contributed by atoms with van der Waals surface area (Å²) in [6, 6.07) is 10.2. The molecular formula is C14H11N3O3. The number of fused-ring (bicyclic) bond motifs is 1. The van der Waals surface area contributed by atoms with E-state index in [1.165, 1.54) is 0 Å². The molecular weight excluding hydrogens is 258 g/mol. The van der Waals surface area contributed by atoms with Crippen molar-refractivity contribution in [1.82, 2.24) is 4.98 Å². The molecule has 0 atom stereocenters. The third-order valence-electron chi connectivity index (χ3n) is 2.79. The first-order valence-electron chi connectivity index (χ1n) is 6.02. The van der Waals surface area contributed by atoms with Gasteiger partial charge in [0.05, 0.1) is 11.3 Å². The molecule has 0 saturated heterocycles. The molecule has 20 heavy (non-hydrogen) atoms. The van der Waals surface area contributed by atoms with Crippen molar-refractivity contribution < 1.29 is 14.3 Å². The van der Waals surface area contributed by atoms with E-state index in [4.69, 9.17) is 4.74 Å². The van der Waals surface area contributed by atoms with Crippen LogP contribution < -0.4 is 15.4 Å². The lowest BCUT2D eigenvalue weighted by Crippen LogP contribution is -2.27. The number of nitrogens with one attached hydrogen (secondary N) is 2. The summed E-state index contributed by atoms with van der Waals surface area (Å²) in [5, 5.41) is 5.34. The van der Waals surface area contributed by atoms with E-state index in [9.17, 15) is 9.59 Å². The molecule has 2 amide bonds. The Morgan fingerprint density at radius 2 is 2.15 bits per heavy atom. The Hall–Kier alpha value is -2.89. The molecule has 2 aromatic rings. The van der Waals surface area contributed by atoms with Gasteiger partial charge in [0.2, 0.25) is 0 Å². The first-order chi connectivity index (χ1) is 9.74. The van der Waals surface area contributed by atoms with Crippen LogP contribution in [-0.4, -0.2) is 23.4 Å². The zero-order valence-electron chi connectivity index (χ0n) is 10.4. The van der Waals surface area contributed by atoms with Crippen LogP contribution in [-0.2, 0) is 4.79 Å². The van der Waals surface area contributed by atoms with Crippen LogP contribution >= 0.6 is 0 Å². The zero-order chi connectivity index (χ0) is 13.9. The van der Waals surface area contributed by atoms with Crippen LogP contribution in [0.15, 0.2) is 42.6 Å². The van der Waals surface area contributed by atoms with Gasteiger partial charge in [0.1, 0.15) is 5.82 Å². The van der Waals surface area contributed by atoms with E-state index in [1.807, 2.05) is 0 Å². The Morgan fingerprint density at radius 1 is 1.25 bits per heavy atom. The largest absolute Gasteiger partial charge is 0.481 e. The number of pyridine rings is 1. The average molecular weight is 269 g/mol. The van der Waals surface area contributed by atoms with E-state index in [1.54, 1.807) is 42.6 Å². The zero-order valence-corrected chi connectivity index (χ0v) is 10.4. The van der Waals surface area contributed by atoms with Crippen molar-refractivity contribution in [3.05, 3.63) is 48.2 Å². The number of amides is 2. The molecule has 100 valence electrons. The number of anilines is 2. The van der Waals surface area contributed by atoms with E-state index in [2.05, 4.69) is 15.6 Å². The minimum atomic E-state index is -0.336. The van der Waals surface area contributed by atoms with Crippen LogP contribution in [0.1, 0.15) is 10.4 Å². The van der Waals surface area contributed by atoms with Gasteiger partial charge in [0.15, 0.2) is 12.4 Å². The molecule has 1 aliphatic rings. The average Bonchev–Trinajstić information content (AvgIpc) is 2.47. The predicted octanol–water partition coefficient (Wildman–Crippen LogP) is 1.66. The summed E-state index contributed by atoms with van der Waals surface area (Å²) < 4.78 is 5.33. The lowest BCUT2D eigenvalue weighted by Gasteiger charge is -2.20. The summed E-state index contributed by atoms with van der Waals surface area (Å²) in [7, 11) is 0. The van der Waals surface area contributed by atoms with Crippen molar-refractivity contribution >= 4 is 23.3 Å². The molecule has 2 heterocycles. The van der Waals surface area contributed by atoms with E-state index >= 15 is 0 Å². The maximum Gasteiger partial charge on any atom is 0.262 e. The van der Waals surface area contributed by atoms with Crippen molar-refractivity contribution in [1.29, 1.82) is 0 Å². The molecule has 1 aromatic heterocycles. The normalized spacial score (nSPS) is 12.9. The number of nitrogens with zero attached hydrogens (tertiary/aromatic N) is 1. The van der Waals surface area contributed by atoms with Crippen molar-refractivity contribution in [2.75, 3.05) is 17.2 Å². The fraction of sp³-hybridized carbons (Fsp3) is 0.0714. The monoisotopic (exact) mass is 269 g/mol. The minimum absolute atomic E-state index is 0.0963. The molecule has 1 aliphatic heterocycles. The molecule has 1 aromatic carbocycles. The Kier molecular flexibility index (Phi) is 3.04. The fourth-order valence-electron chi connectivity index (χ4n) is 1.91. The highest BCUT2D eigenvalue weighted by Gasteiger charge is 2.22. The maximum atomic E-state index is 12.2. The van der Waals surface area contributed by atoms with Crippen molar-refractivity contribution in [2.24, 2.45) is 0 Å². The highest BCUT2D eigenvalue weighted by atomic mass is 16.5. The van der Waals surface area contributed by atoms with Crippen LogP contribution in [0.3, 0.4) is 0 Å². The molecule has 0 saturated carbocycles. The standard InChI is InChI=1S/C14H11N3O3/c18-12-8-20-13-9(4-3-5-10(13)16-12)14(19)17-11-6-1-2-7-15-11/h1-7H,8H2,(H,16,18)(H,15,17,19). The topological polar surface area (TPSA) is 80.3 Å². The predicted molar refractivity (Wildman–Crippen MR) is 72.8 cm³/mol. The highest BCUT2D eigenvalue weighted by Crippen LogP contribution is 2.31. The van der Waals surface area contributed by atoms with Gasteiger partial charge in [-0.25, -0.2) is 4.98 Å². The van der Waals surface area contributed by atoms with Crippen LogP contribution in [0, 0.1) is 0 Å². The number of hydrogen-bond donors (Lipinski definition) is 2. The second kappa shape index (κ2) is 5.00. The maximum absolute atomic E-state index is 12.2. The molecule has 0 aliphatic carbocycles. The number of aromatic nitrogens is 1. The molecule has 0 fully saturated rings. The van der Waals surface area contributed by atoms with Crippen molar-refractivity contribution in [2.45, 2.75) is 0 Å². The molecule has 0 spiro atoms. The number of para-hydroxylation sites is 1. The Morgan fingerprint density at radius 3 is 2.95 bits per heavy atom. The van der Waals surface area contributed by atoms with Crippen LogP contribution in [0.4, 0.5) is 11.5 Å². The van der Waals surface area contributed by atoms with Gasteiger partial charge in [0.25, 0.3) is 11.8 Å². The smallest absolute Gasteiger partial charge is 0.262 e. The quantitative estimate of drug-likeness (QED) is 0.869. The SMILES string of the molecule is O=C1COc2c(cccc2C(=O)Nc2ccccn2)N1.